The van der Waals surface area contributed by atoms with Crippen LogP contribution in [-0.4, -0.2) is 40.6 Å². The molecule has 142 valence electrons. The zero-order chi connectivity index (χ0) is 19.2. The molecule has 4 rings (SSSR count). The fourth-order valence-electron chi connectivity index (χ4n) is 3.49. The number of ether oxygens (including phenoxy) is 2. The first-order valence-corrected chi connectivity index (χ1v) is 9.12. The maximum Gasteiger partial charge on any atom is 0.178 e. The summed E-state index contributed by atoms with van der Waals surface area (Å²) in [5, 5.41) is 13.4. The van der Waals surface area contributed by atoms with Crippen molar-refractivity contribution in [2.45, 2.75) is 39.2 Å². The lowest BCUT2D eigenvalue weighted by atomic mass is 9.96. The van der Waals surface area contributed by atoms with Gasteiger partial charge < -0.3 is 14.4 Å². The monoisotopic (exact) mass is 367 g/mol. The molecule has 1 aromatic carbocycles. The molecular weight excluding hydrogens is 342 g/mol. The fourth-order valence-corrected chi connectivity index (χ4v) is 3.49. The van der Waals surface area contributed by atoms with Gasteiger partial charge in [0.05, 0.1) is 14.2 Å². The van der Waals surface area contributed by atoms with E-state index in [-0.39, 0.29) is 5.41 Å². The number of nitrogens with zero attached hydrogens (tertiary/aromatic N) is 5. The SMILES string of the molecule is COc1cc2c(cc1OC)CN(c1ccc3nnc(C(C)(C)C)n3n1)CC2. The summed E-state index contributed by atoms with van der Waals surface area (Å²) >= 11 is 0. The lowest BCUT2D eigenvalue weighted by Gasteiger charge is -2.30. The highest BCUT2D eigenvalue weighted by Crippen LogP contribution is 2.34. The minimum absolute atomic E-state index is 0.122. The molecule has 0 spiro atoms. The number of hydrogen-bond donors (Lipinski definition) is 0. The first kappa shape index (κ1) is 17.6. The second-order valence-corrected chi connectivity index (χ2v) is 7.88. The maximum atomic E-state index is 5.46. The molecule has 0 N–H and O–H groups in total. The number of fused-ring (bicyclic) bond motifs is 2. The zero-order valence-corrected chi connectivity index (χ0v) is 16.5. The standard InChI is InChI=1S/C20H25N5O2/c1-20(2,3)19-22-21-17-6-7-18(23-25(17)19)24-9-8-13-10-15(26-4)16(27-5)11-14(13)12-24/h6-7,10-11H,8-9,12H2,1-5H3. The first-order chi connectivity index (χ1) is 12.9. The van der Waals surface area contributed by atoms with Gasteiger partial charge in [-0.15, -0.1) is 15.3 Å². The van der Waals surface area contributed by atoms with Crippen molar-refractivity contribution in [3.05, 3.63) is 41.2 Å². The van der Waals surface area contributed by atoms with Gasteiger partial charge in [-0.1, -0.05) is 20.8 Å². The van der Waals surface area contributed by atoms with Gasteiger partial charge in [0, 0.05) is 18.5 Å². The van der Waals surface area contributed by atoms with Crippen LogP contribution in [0, 0.1) is 0 Å². The van der Waals surface area contributed by atoms with Gasteiger partial charge in [-0.05, 0) is 41.8 Å². The molecule has 3 heterocycles. The van der Waals surface area contributed by atoms with Crippen molar-refractivity contribution in [2.24, 2.45) is 0 Å². The van der Waals surface area contributed by atoms with Crippen LogP contribution in [0.25, 0.3) is 5.65 Å². The minimum atomic E-state index is -0.122. The molecule has 0 fully saturated rings. The molecule has 2 aromatic heterocycles. The summed E-state index contributed by atoms with van der Waals surface area (Å²) < 4.78 is 12.8. The van der Waals surface area contributed by atoms with Crippen LogP contribution < -0.4 is 14.4 Å². The molecule has 7 nitrogen and oxygen atoms in total. The third-order valence-electron chi connectivity index (χ3n) is 4.96. The molecule has 1 aliphatic heterocycles. The summed E-state index contributed by atoms with van der Waals surface area (Å²) in [5.74, 6) is 3.33. The molecular formula is C20H25N5O2. The van der Waals surface area contributed by atoms with Gasteiger partial charge in [-0.25, -0.2) is 0 Å². The van der Waals surface area contributed by atoms with Crippen LogP contribution in [0.3, 0.4) is 0 Å². The molecule has 0 aliphatic carbocycles. The summed E-state index contributed by atoms with van der Waals surface area (Å²) in [6.45, 7) is 8.03. The number of methoxy groups -OCH3 is 2. The molecule has 3 aromatic rings. The normalized spacial score (nSPS) is 14.3. The Bertz CT molecular complexity index is 990. The third kappa shape index (κ3) is 3.07. The van der Waals surface area contributed by atoms with Gasteiger partial charge in [-0.2, -0.15) is 4.52 Å². The van der Waals surface area contributed by atoms with Gasteiger partial charge >= 0.3 is 0 Å². The number of hydrogen-bond acceptors (Lipinski definition) is 6. The van der Waals surface area contributed by atoms with Crippen molar-refractivity contribution < 1.29 is 9.47 Å². The van der Waals surface area contributed by atoms with E-state index in [0.29, 0.717) is 0 Å². The Morgan fingerprint density at radius 3 is 2.33 bits per heavy atom. The van der Waals surface area contributed by atoms with E-state index in [1.54, 1.807) is 14.2 Å². The van der Waals surface area contributed by atoms with Crippen LogP contribution >= 0.6 is 0 Å². The van der Waals surface area contributed by atoms with E-state index < -0.39 is 0 Å². The molecule has 0 saturated heterocycles. The summed E-state index contributed by atoms with van der Waals surface area (Å²) in [7, 11) is 3.34. The van der Waals surface area contributed by atoms with Gasteiger partial charge in [0.25, 0.3) is 0 Å². The van der Waals surface area contributed by atoms with E-state index >= 15 is 0 Å². The Morgan fingerprint density at radius 1 is 0.963 bits per heavy atom. The smallest absolute Gasteiger partial charge is 0.178 e. The van der Waals surface area contributed by atoms with Crippen molar-refractivity contribution in [3.8, 4) is 11.5 Å². The summed E-state index contributed by atoms with van der Waals surface area (Å²) in [6, 6.07) is 8.15. The Morgan fingerprint density at radius 2 is 1.67 bits per heavy atom. The molecule has 27 heavy (non-hydrogen) atoms. The molecule has 0 radical (unpaired) electrons. The predicted octanol–water partition coefficient (Wildman–Crippen LogP) is 3.00. The van der Waals surface area contributed by atoms with Crippen LogP contribution in [-0.2, 0) is 18.4 Å². The van der Waals surface area contributed by atoms with Crippen LogP contribution in [0.2, 0.25) is 0 Å². The van der Waals surface area contributed by atoms with Crippen molar-refractivity contribution in [1.29, 1.82) is 0 Å². The molecule has 0 bridgehead atoms. The molecule has 0 unspecified atom stereocenters. The van der Waals surface area contributed by atoms with Gasteiger partial charge in [0.15, 0.2) is 23.0 Å². The highest BCUT2D eigenvalue weighted by Gasteiger charge is 2.24. The van der Waals surface area contributed by atoms with Gasteiger partial charge in [0.2, 0.25) is 0 Å². The topological polar surface area (TPSA) is 64.8 Å². The Kier molecular flexibility index (Phi) is 4.17. The average molecular weight is 367 g/mol. The lowest BCUT2D eigenvalue weighted by Crippen LogP contribution is -2.31. The quantitative estimate of drug-likeness (QED) is 0.709. The third-order valence-corrected chi connectivity index (χ3v) is 4.96. The second-order valence-electron chi connectivity index (χ2n) is 7.88. The first-order valence-electron chi connectivity index (χ1n) is 9.12. The Labute approximate surface area is 158 Å². The number of aromatic nitrogens is 4. The van der Waals surface area contributed by atoms with E-state index in [9.17, 15) is 0 Å². The Hall–Kier alpha value is -2.83. The molecule has 1 aliphatic rings. The van der Waals surface area contributed by atoms with Crippen molar-refractivity contribution in [2.75, 3.05) is 25.7 Å². The Balaban J connectivity index is 1.69. The molecule has 7 heteroatoms. The number of anilines is 1. The average Bonchev–Trinajstić information content (AvgIpc) is 3.10. The molecule has 0 saturated carbocycles. The van der Waals surface area contributed by atoms with E-state index in [0.717, 1.165) is 48.3 Å². The van der Waals surface area contributed by atoms with E-state index in [1.807, 2.05) is 16.6 Å². The van der Waals surface area contributed by atoms with Crippen molar-refractivity contribution in [3.63, 3.8) is 0 Å². The van der Waals surface area contributed by atoms with Crippen LogP contribution in [0.4, 0.5) is 5.82 Å². The summed E-state index contributed by atoms with van der Waals surface area (Å²) in [5.41, 5.74) is 3.18. The predicted molar refractivity (Wildman–Crippen MR) is 104 cm³/mol. The number of benzene rings is 1. The molecule has 0 amide bonds. The molecule has 0 atom stereocenters. The largest absolute Gasteiger partial charge is 0.493 e. The van der Waals surface area contributed by atoms with Crippen molar-refractivity contribution >= 4 is 11.5 Å². The maximum absolute atomic E-state index is 5.46. The van der Waals surface area contributed by atoms with E-state index in [1.165, 1.54) is 11.1 Å². The van der Waals surface area contributed by atoms with Gasteiger partial charge in [-0.3, -0.25) is 0 Å². The summed E-state index contributed by atoms with van der Waals surface area (Å²) in [6.07, 6.45) is 0.934. The minimum Gasteiger partial charge on any atom is -0.493 e. The number of rotatable bonds is 3. The second kappa shape index (κ2) is 6.40. The van der Waals surface area contributed by atoms with Crippen LogP contribution in [0.5, 0.6) is 11.5 Å². The van der Waals surface area contributed by atoms with E-state index in [2.05, 4.69) is 48.0 Å². The van der Waals surface area contributed by atoms with Crippen LogP contribution in [0.1, 0.15) is 37.7 Å². The summed E-state index contributed by atoms with van der Waals surface area (Å²) in [4.78, 5) is 2.28. The van der Waals surface area contributed by atoms with Gasteiger partial charge in [0.1, 0.15) is 5.82 Å². The van der Waals surface area contributed by atoms with Crippen LogP contribution in [0.15, 0.2) is 24.3 Å². The highest BCUT2D eigenvalue weighted by molar-refractivity contribution is 5.53. The highest BCUT2D eigenvalue weighted by atomic mass is 16.5. The van der Waals surface area contributed by atoms with Crippen molar-refractivity contribution in [1.82, 2.24) is 19.8 Å². The fraction of sp³-hybridized carbons (Fsp3) is 0.450. The zero-order valence-electron chi connectivity index (χ0n) is 16.5. The van der Waals surface area contributed by atoms with E-state index in [4.69, 9.17) is 14.6 Å². The lowest BCUT2D eigenvalue weighted by molar-refractivity contribution is 0.353.